The highest BCUT2D eigenvalue weighted by Crippen LogP contribution is 2.08. The van der Waals surface area contributed by atoms with Crippen LogP contribution >= 0.6 is 0 Å². The van der Waals surface area contributed by atoms with Crippen molar-refractivity contribution in [3.8, 4) is 0 Å². The number of ether oxygens (including phenoxy) is 1. The zero-order chi connectivity index (χ0) is 13.5. The first-order valence-electron chi connectivity index (χ1n) is 5.61. The predicted octanol–water partition coefficient (Wildman–Crippen LogP) is 0.741. The Hall–Kier alpha value is -2.05. The molecule has 0 spiro atoms. The van der Waals surface area contributed by atoms with Crippen LogP contribution in [0.2, 0.25) is 0 Å². The van der Waals surface area contributed by atoms with Gasteiger partial charge in [0.1, 0.15) is 6.26 Å². The van der Waals surface area contributed by atoms with Gasteiger partial charge in [0.05, 0.1) is 6.61 Å². The van der Waals surface area contributed by atoms with Crippen LogP contribution in [0.3, 0.4) is 0 Å². The van der Waals surface area contributed by atoms with E-state index in [2.05, 4.69) is 10.3 Å². The largest absolute Gasteiger partial charge is 0.461 e. The molecule has 0 unspecified atom stereocenters. The van der Waals surface area contributed by atoms with E-state index in [-0.39, 0.29) is 24.2 Å². The number of carbonyl (C=O) groups excluding carboxylic acids is 2. The van der Waals surface area contributed by atoms with E-state index in [0.717, 1.165) is 0 Å². The predicted molar refractivity (Wildman–Crippen MR) is 64.3 cm³/mol. The van der Waals surface area contributed by atoms with Gasteiger partial charge >= 0.3 is 5.97 Å². The number of esters is 1. The average Bonchev–Trinajstić information content (AvgIpc) is 2.78. The molecule has 1 aromatic heterocycles. The molecule has 0 aliphatic rings. The van der Waals surface area contributed by atoms with Crippen molar-refractivity contribution in [3.05, 3.63) is 12.0 Å². The van der Waals surface area contributed by atoms with E-state index in [9.17, 15) is 9.59 Å². The van der Waals surface area contributed by atoms with Crippen LogP contribution in [0.25, 0.3) is 0 Å². The first-order valence-corrected chi connectivity index (χ1v) is 5.61. The lowest BCUT2D eigenvalue weighted by Gasteiger charge is -2.09. The lowest BCUT2D eigenvalue weighted by atomic mass is 10.4. The van der Waals surface area contributed by atoms with Gasteiger partial charge in [0.25, 0.3) is 6.01 Å². The summed E-state index contributed by atoms with van der Waals surface area (Å²) in [6.45, 7) is 2.38. The molecule has 0 aliphatic carbocycles. The molecule has 7 nitrogen and oxygen atoms in total. The maximum Gasteiger partial charge on any atom is 0.360 e. The number of aromatic nitrogens is 1. The first-order chi connectivity index (χ1) is 8.54. The van der Waals surface area contributed by atoms with Crippen molar-refractivity contribution in [2.45, 2.75) is 13.3 Å². The van der Waals surface area contributed by atoms with Crippen molar-refractivity contribution in [1.82, 2.24) is 9.88 Å². The second kappa shape index (κ2) is 6.63. The van der Waals surface area contributed by atoms with E-state index in [0.29, 0.717) is 13.0 Å². The monoisotopic (exact) mass is 255 g/mol. The lowest BCUT2D eigenvalue weighted by Crippen LogP contribution is -2.23. The Labute approximate surface area is 105 Å². The molecule has 1 amide bonds. The van der Waals surface area contributed by atoms with Crippen LogP contribution in [-0.4, -0.2) is 49.0 Å². The molecule has 18 heavy (non-hydrogen) atoms. The highest BCUT2D eigenvalue weighted by molar-refractivity contribution is 5.87. The Kier molecular flexibility index (Phi) is 5.16. The number of carbonyl (C=O) groups is 2. The Morgan fingerprint density at radius 1 is 1.50 bits per heavy atom. The fourth-order valence-corrected chi connectivity index (χ4v) is 1.15. The summed E-state index contributed by atoms with van der Waals surface area (Å²) >= 11 is 0. The van der Waals surface area contributed by atoms with Gasteiger partial charge in [0, 0.05) is 27.1 Å². The van der Waals surface area contributed by atoms with Crippen LogP contribution in [0, 0.1) is 0 Å². The average molecular weight is 255 g/mol. The minimum absolute atomic E-state index is 0.000303. The van der Waals surface area contributed by atoms with Crippen molar-refractivity contribution in [2.75, 3.05) is 32.6 Å². The van der Waals surface area contributed by atoms with Crippen molar-refractivity contribution >= 4 is 17.9 Å². The van der Waals surface area contributed by atoms with Crippen molar-refractivity contribution < 1.29 is 18.7 Å². The molecule has 0 bridgehead atoms. The maximum absolute atomic E-state index is 11.3. The molecule has 0 aliphatic heterocycles. The van der Waals surface area contributed by atoms with Crippen molar-refractivity contribution in [2.24, 2.45) is 0 Å². The van der Waals surface area contributed by atoms with Crippen LogP contribution in [0.1, 0.15) is 23.8 Å². The summed E-state index contributed by atoms with van der Waals surface area (Å²) in [4.78, 5) is 28.0. The summed E-state index contributed by atoms with van der Waals surface area (Å²) < 4.78 is 9.79. The van der Waals surface area contributed by atoms with Gasteiger partial charge in [-0.25, -0.2) is 4.79 Å². The first kappa shape index (κ1) is 14.0. The van der Waals surface area contributed by atoms with E-state index in [1.807, 2.05) is 0 Å². The molecule has 7 heteroatoms. The molecule has 1 aromatic rings. The quantitative estimate of drug-likeness (QED) is 0.755. The van der Waals surface area contributed by atoms with Gasteiger partial charge in [0.2, 0.25) is 5.91 Å². The molecule has 1 heterocycles. The Balaban J connectivity index is 2.40. The van der Waals surface area contributed by atoms with E-state index in [1.54, 1.807) is 21.0 Å². The maximum atomic E-state index is 11.3. The van der Waals surface area contributed by atoms with E-state index in [4.69, 9.17) is 9.15 Å². The molecule has 1 rings (SSSR count). The molecule has 0 fully saturated rings. The molecule has 0 atom stereocenters. The molecular weight excluding hydrogens is 238 g/mol. The molecule has 0 saturated heterocycles. The Morgan fingerprint density at radius 3 is 2.83 bits per heavy atom. The number of nitrogens with one attached hydrogen (secondary N) is 1. The molecule has 1 N–H and O–H groups in total. The number of rotatable bonds is 6. The standard InChI is InChI=1S/C11H17N3O4/c1-4-17-10(16)8-7-18-11(13-8)12-6-5-9(15)14(2)3/h7H,4-6H2,1-3H3,(H,12,13). The van der Waals surface area contributed by atoms with E-state index >= 15 is 0 Å². The normalized spacial score (nSPS) is 9.94. The fraction of sp³-hybridized carbons (Fsp3) is 0.545. The number of oxazole rings is 1. The second-order valence-corrected chi connectivity index (χ2v) is 3.72. The molecule has 0 aromatic carbocycles. The zero-order valence-corrected chi connectivity index (χ0v) is 10.7. The highest BCUT2D eigenvalue weighted by atomic mass is 16.5. The van der Waals surface area contributed by atoms with Crippen LogP contribution in [-0.2, 0) is 9.53 Å². The van der Waals surface area contributed by atoms with Crippen LogP contribution in [0.5, 0.6) is 0 Å². The van der Waals surface area contributed by atoms with Crippen LogP contribution < -0.4 is 5.32 Å². The fourth-order valence-electron chi connectivity index (χ4n) is 1.15. The minimum Gasteiger partial charge on any atom is -0.461 e. The van der Waals surface area contributed by atoms with Gasteiger partial charge in [-0.15, -0.1) is 0 Å². The van der Waals surface area contributed by atoms with Gasteiger partial charge in [-0.05, 0) is 6.92 Å². The third-order valence-corrected chi connectivity index (χ3v) is 2.10. The summed E-state index contributed by atoms with van der Waals surface area (Å²) in [5.41, 5.74) is 0.110. The number of anilines is 1. The Bertz CT molecular complexity index is 414. The van der Waals surface area contributed by atoms with Gasteiger partial charge in [-0.2, -0.15) is 4.98 Å². The van der Waals surface area contributed by atoms with Gasteiger partial charge in [0.15, 0.2) is 5.69 Å². The number of hydrogen-bond acceptors (Lipinski definition) is 6. The summed E-state index contributed by atoms with van der Waals surface area (Å²) in [5, 5.41) is 2.81. The minimum atomic E-state index is -0.529. The number of hydrogen-bond donors (Lipinski definition) is 1. The highest BCUT2D eigenvalue weighted by Gasteiger charge is 2.13. The van der Waals surface area contributed by atoms with Crippen molar-refractivity contribution in [1.29, 1.82) is 0 Å². The number of nitrogens with zero attached hydrogens (tertiary/aromatic N) is 2. The van der Waals surface area contributed by atoms with Gasteiger partial charge < -0.3 is 19.4 Å². The Morgan fingerprint density at radius 2 is 2.22 bits per heavy atom. The summed E-state index contributed by atoms with van der Waals surface area (Å²) in [5.74, 6) is -0.529. The SMILES string of the molecule is CCOC(=O)c1coc(NCCC(=O)N(C)C)n1. The summed E-state index contributed by atoms with van der Waals surface area (Å²) in [6.07, 6.45) is 1.54. The van der Waals surface area contributed by atoms with E-state index in [1.165, 1.54) is 11.2 Å². The number of amides is 1. The van der Waals surface area contributed by atoms with Crippen molar-refractivity contribution in [3.63, 3.8) is 0 Å². The molecule has 100 valence electrons. The molecule has 0 radical (unpaired) electrons. The molecule has 0 saturated carbocycles. The van der Waals surface area contributed by atoms with E-state index < -0.39 is 5.97 Å². The third kappa shape index (κ3) is 4.08. The zero-order valence-electron chi connectivity index (χ0n) is 10.7. The summed E-state index contributed by atoms with van der Waals surface area (Å²) in [6, 6.07) is 0.199. The topological polar surface area (TPSA) is 84.7 Å². The summed E-state index contributed by atoms with van der Waals surface area (Å²) in [7, 11) is 3.37. The molecular formula is C11H17N3O4. The van der Waals surface area contributed by atoms with Crippen LogP contribution in [0.15, 0.2) is 10.7 Å². The third-order valence-electron chi connectivity index (χ3n) is 2.10. The van der Waals surface area contributed by atoms with Crippen LogP contribution in [0.4, 0.5) is 6.01 Å². The van der Waals surface area contributed by atoms with Gasteiger partial charge in [-0.3, -0.25) is 4.79 Å². The van der Waals surface area contributed by atoms with Gasteiger partial charge in [-0.1, -0.05) is 0 Å². The lowest BCUT2D eigenvalue weighted by molar-refractivity contribution is -0.128. The smallest absolute Gasteiger partial charge is 0.360 e. The second-order valence-electron chi connectivity index (χ2n) is 3.72.